The van der Waals surface area contributed by atoms with Crippen LogP contribution in [0.5, 0.6) is 0 Å². The second-order valence-electron chi connectivity index (χ2n) is 6.02. The number of hydrogen-bond acceptors (Lipinski definition) is 2. The fraction of sp³-hybridized carbons (Fsp3) is 0.467. The normalized spacial score (nSPS) is 15.3. The van der Waals surface area contributed by atoms with E-state index in [4.69, 9.17) is 0 Å². The molecule has 1 aliphatic rings. The van der Waals surface area contributed by atoms with Gasteiger partial charge in [-0.1, -0.05) is 0 Å². The van der Waals surface area contributed by atoms with Crippen LogP contribution >= 0.6 is 0 Å². The molecule has 20 heavy (non-hydrogen) atoms. The fourth-order valence-electron chi connectivity index (χ4n) is 2.15. The Morgan fingerprint density at radius 1 is 1.20 bits per heavy atom. The molecule has 1 aliphatic heterocycles. The summed E-state index contributed by atoms with van der Waals surface area (Å²) in [5.41, 5.74) is 1.32. The third kappa shape index (κ3) is 3.73. The summed E-state index contributed by atoms with van der Waals surface area (Å²) in [5.74, 6) is 0.163. The number of carbonyl (C=O) groups excluding carboxylic acids is 2. The Bertz CT molecular complexity index is 503. The monoisotopic (exact) mass is 275 g/mol. The van der Waals surface area contributed by atoms with Gasteiger partial charge < -0.3 is 15.5 Å². The summed E-state index contributed by atoms with van der Waals surface area (Å²) >= 11 is 0. The van der Waals surface area contributed by atoms with Crippen molar-refractivity contribution in [3.05, 3.63) is 24.3 Å². The third-order valence-electron chi connectivity index (χ3n) is 3.00. The molecule has 0 atom stereocenters. The molecule has 1 saturated heterocycles. The fourth-order valence-corrected chi connectivity index (χ4v) is 2.15. The van der Waals surface area contributed by atoms with Gasteiger partial charge in [0.05, 0.1) is 0 Å². The first kappa shape index (κ1) is 14.4. The molecule has 1 heterocycles. The molecule has 2 rings (SSSR count). The molecule has 0 spiro atoms. The maximum absolute atomic E-state index is 11.7. The number of benzene rings is 1. The van der Waals surface area contributed by atoms with Crippen molar-refractivity contribution in [2.45, 2.75) is 39.2 Å². The maximum atomic E-state index is 11.7. The lowest BCUT2D eigenvalue weighted by Crippen LogP contribution is -2.43. The summed E-state index contributed by atoms with van der Waals surface area (Å²) in [5, 5.41) is 5.60. The molecule has 0 saturated carbocycles. The molecule has 108 valence electrons. The Balaban J connectivity index is 1.98. The number of urea groups is 1. The number of hydrogen-bond donors (Lipinski definition) is 2. The standard InChI is InChI=1S/C15H21N3O2/c1-15(2,3)17-14(20)16-11-6-8-12(9-7-11)18-10-4-5-13(18)19/h6-9H,4-5,10H2,1-3H3,(H2,16,17,20). The van der Waals surface area contributed by atoms with E-state index in [1.54, 1.807) is 4.90 Å². The van der Waals surface area contributed by atoms with Crippen LogP contribution in [0.1, 0.15) is 33.6 Å². The number of nitrogens with zero attached hydrogens (tertiary/aromatic N) is 1. The Labute approximate surface area is 119 Å². The third-order valence-corrected chi connectivity index (χ3v) is 3.00. The van der Waals surface area contributed by atoms with E-state index in [-0.39, 0.29) is 17.5 Å². The summed E-state index contributed by atoms with van der Waals surface area (Å²) in [4.78, 5) is 25.2. The van der Waals surface area contributed by atoms with Gasteiger partial charge in [-0.3, -0.25) is 4.79 Å². The molecule has 2 N–H and O–H groups in total. The van der Waals surface area contributed by atoms with E-state index in [9.17, 15) is 9.59 Å². The topological polar surface area (TPSA) is 61.4 Å². The van der Waals surface area contributed by atoms with E-state index < -0.39 is 0 Å². The van der Waals surface area contributed by atoms with Crippen LogP contribution in [0.15, 0.2) is 24.3 Å². The highest BCUT2D eigenvalue weighted by molar-refractivity contribution is 5.96. The van der Waals surface area contributed by atoms with Gasteiger partial charge in [-0.2, -0.15) is 0 Å². The summed E-state index contributed by atoms with van der Waals surface area (Å²) in [6.07, 6.45) is 1.53. The number of amides is 3. The summed E-state index contributed by atoms with van der Waals surface area (Å²) in [7, 11) is 0. The van der Waals surface area contributed by atoms with Crippen LogP contribution in [0.4, 0.5) is 16.2 Å². The van der Waals surface area contributed by atoms with Gasteiger partial charge in [0, 0.05) is 29.9 Å². The minimum Gasteiger partial charge on any atom is -0.333 e. The van der Waals surface area contributed by atoms with Crippen LogP contribution in [0, 0.1) is 0 Å². The molecule has 1 fully saturated rings. The van der Waals surface area contributed by atoms with Crippen LogP contribution in [0.25, 0.3) is 0 Å². The van der Waals surface area contributed by atoms with Crippen molar-refractivity contribution in [3.8, 4) is 0 Å². The molecule has 5 nitrogen and oxygen atoms in total. The lowest BCUT2D eigenvalue weighted by Gasteiger charge is -2.21. The predicted octanol–water partition coefficient (Wildman–Crippen LogP) is 2.73. The number of nitrogens with one attached hydrogen (secondary N) is 2. The summed E-state index contributed by atoms with van der Waals surface area (Å²) < 4.78 is 0. The first-order chi connectivity index (χ1) is 9.35. The summed E-state index contributed by atoms with van der Waals surface area (Å²) in [6, 6.07) is 7.10. The lowest BCUT2D eigenvalue weighted by molar-refractivity contribution is -0.117. The van der Waals surface area contributed by atoms with E-state index >= 15 is 0 Å². The zero-order valence-corrected chi connectivity index (χ0v) is 12.2. The van der Waals surface area contributed by atoms with Crippen molar-refractivity contribution in [2.24, 2.45) is 0 Å². The molecule has 0 bridgehead atoms. The molecule has 5 heteroatoms. The van der Waals surface area contributed by atoms with E-state index in [0.717, 1.165) is 18.7 Å². The molecule has 0 aromatic heterocycles. The van der Waals surface area contributed by atoms with Crippen LogP contribution in [-0.4, -0.2) is 24.0 Å². The SMILES string of the molecule is CC(C)(C)NC(=O)Nc1ccc(N2CCCC2=O)cc1. The van der Waals surface area contributed by atoms with Gasteiger partial charge in [0.2, 0.25) is 5.91 Å². The van der Waals surface area contributed by atoms with Crippen LogP contribution in [0.2, 0.25) is 0 Å². The van der Waals surface area contributed by atoms with Crippen molar-refractivity contribution >= 4 is 23.3 Å². The first-order valence-corrected chi connectivity index (χ1v) is 6.85. The van der Waals surface area contributed by atoms with E-state index in [1.165, 1.54) is 0 Å². The minimum absolute atomic E-state index is 0.163. The van der Waals surface area contributed by atoms with Crippen LogP contribution < -0.4 is 15.5 Å². The zero-order chi connectivity index (χ0) is 14.8. The molecule has 0 aliphatic carbocycles. The quantitative estimate of drug-likeness (QED) is 0.871. The van der Waals surface area contributed by atoms with Gasteiger partial charge in [0.15, 0.2) is 0 Å². The zero-order valence-electron chi connectivity index (χ0n) is 12.2. The highest BCUT2D eigenvalue weighted by Gasteiger charge is 2.21. The van der Waals surface area contributed by atoms with Crippen LogP contribution in [0.3, 0.4) is 0 Å². The predicted molar refractivity (Wildman–Crippen MR) is 79.9 cm³/mol. The average molecular weight is 275 g/mol. The van der Waals surface area contributed by atoms with E-state index in [0.29, 0.717) is 12.1 Å². The first-order valence-electron chi connectivity index (χ1n) is 6.85. The largest absolute Gasteiger partial charge is 0.333 e. The van der Waals surface area contributed by atoms with Gasteiger partial charge >= 0.3 is 6.03 Å². The number of carbonyl (C=O) groups is 2. The molecule has 1 aromatic carbocycles. The molecule has 1 aromatic rings. The summed E-state index contributed by atoms with van der Waals surface area (Å²) in [6.45, 7) is 6.55. The average Bonchev–Trinajstić information content (AvgIpc) is 2.74. The smallest absolute Gasteiger partial charge is 0.319 e. The van der Waals surface area contributed by atoms with Crippen molar-refractivity contribution in [1.29, 1.82) is 0 Å². The highest BCUT2D eigenvalue weighted by atomic mass is 16.2. The van der Waals surface area contributed by atoms with E-state index in [2.05, 4.69) is 10.6 Å². The van der Waals surface area contributed by atoms with Crippen molar-refractivity contribution in [1.82, 2.24) is 5.32 Å². The maximum Gasteiger partial charge on any atom is 0.319 e. The number of rotatable bonds is 2. The van der Waals surface area contributed by atoms with Crippen molar-refractivity contribution in [2.75, 3.05) is 16.8 Å². The van der Waals surface area contributed by atoms with Crippen LogP contribution in [-0.2, 0) is 4.79 Å². The minimum atomic E-state index is -0.272. The molecule has 0 unspecified atom stereocenters. The molecular formula is C15H21N3O2. The molecule has 3 amide bonds. The Morgan fingerprint density at radius 2 is 1.85 bits per heavy atom. The molecule has 0 radical (unpaired) electrons. The van der Waals surface area contributed by atoms with Gasteiger partial charge in [0.25, 0.3) is 0 Å². The van der Waals surface area contributed by atoms with Gasteiger partial charge in [0.1, 0.15) is 0 Å². The Hall–Kier alpha value is -2.04. The lowest BCUT2D eigenvalue weighted by atomic mass is 10.1. The molecular weight excluding hydrogens is 254 g/mol. The second-order valence-corrected chi connectivity index (χ2v) is 6.02. The van der Waals surface area contributed by atoms with E-state index in [1.807, 2.05) is 45.0 Å². The van der Waals surface area contributed by atoms with Gasteiger partial charge in [-0.25, -0.2) is 4.79 Å². The number of anilines is 2. The van der Waals surface area contributed by atoms with Gasteiger partial charge in [-0.15, -0.1) is 0 Å². The Kier molecular flexibility index (Phi) is 3.97. The van der Waals surface area contributed by atoms with Crippen molar-refractivity contribution in [3.63, 3.8) is 0 Å². The second kappa shape index (κ2) is 5.53. The van der Waals surface area contributed by atoms with Crippen molar-refractivity contribution < 1.29 is 9.59 Å². The highest BCUT2D eigenvalue weighted by Crippen LogP contribution is 2.22. The van der Waals surface area contributed by atoms with Gasteiger partial charge in [-0.05, 0) is 51.5 Å². The Morgan fingerprint density at radius 3 is 2.35 bits per heavy atom.